The zero-order valence-electron chi connectivity index (χ0n) is 7.47. The third-order valence-corrected chi connectivity index (χ3v) is 3.56. The fraction of sp³-hybridized carbons (Fsp3) is 0.818. The van der Waals surface area contributed by atoms with Gasteiger partial charge in [0.25, 0.3) is 0 Å². The van der Waals surface area contributed by atoms with Crippen LogP contribution in [0.4, 0.5) is 0 Å². The molecule has 0 aromatic carbocycles. The van der Waals surface area contributed by atoms with Crippen molar-refractivity contribution in [3.05, 3.63) is 11.6 Å². The Labute approximate surface area is 69.7 Å². The highest BCUT2D eigenvalue weighted by atomic mass is 14.4. The van der Waals surface area contributed by atoms with Crippen LogP contribution in [0.2, 0.25) is 0 Å². The number of allylic oxidation sites excluding steroid dienone is 2. The van der Waals surface area contributed by atoms with Crippen molar-refractivity contribution in [3.8, 4) is 0 Å². The lowest BCUT2D eigenvalue weighted by Gasteiger charge is -2.25. The van der Waals surface area contributed by atoms with Gasteiger partial charge in [-0.05, 0) is 44.4 Å². The van der Waals surface area contributed by atoms with Gasteiger partial charge >= 0.3 is 0 Å². The third kappa shape index (κ3) is 1.23. The minimum Gasteiger partial charge on any atom is -0.0882 e. The smallest absolute Gasteiger partial charge is 0.0175 e. The van der Waals surface area contributed by atoms with Crippen molar-refractivity contribution in [1.82, 2.24) is 0 Å². The summed E-state index contributed by atoms with van der Waals surface area (Å²) in [4.78, 5) is 0. The van der Waals surface area contributed by atoms with Crippen LogP contribution in [0.25, 0.3) is 0 Å². The van der Waals surface area contributed by atoms with Gasteiger partial charge in [0.1, 0.15) is 0 Å². The highest BCUT2D eigenvalue weighted by Crippen LogP contribution is 2.45. The lowest BCUT2D eigenvalue weighted by atomic mass is 9.80. The summed E-state index contributed by atoms with van der Waals surface area (Å²) in [5.41, 5.74) is 1.77. The monoisotopic (exact) mass is 150 g/mol. The molecule has 0 amide bonds. The van der Waals surface area contributed by atoms with Crippen molar-refractivity contribution in [2.45, 2.75) is 45.4 Å². The average Bonchev–Trinajstić information content (AvgIpc) is 2.47. The Hall–Kier alpha value is -0.260. The van der Waals surface area contributed by atoms with Crippen molar-refractivity contribution in [2.75, 3.05) is 0 Å². The Morgan fingerprint density at radius 2 is 2.00 bits per heavy atom. The van der Waals surface area contributed by atoms with Crippen molar-refractivity contribution < 1.29 is 0 Å². The van der Waals surface area contributed by atoms with Crippen molar-refractivity contribution >= 4 is 0 Å². The number of hydrogen-bond acceptors (Lipinski definition) is 0. The van der Waals surface area contributed by atoms with E-state index in [1.54, 1.807) is 5.57 Å². The van der Waals surface area contributed by atoms with Crippen LogP contribution in [-0.2, 0) is 0 Å². The SMILES string of the molecule is C/C=C1/CC[C@H]2CCCC[C@H]12. The summed E-state index contributed by atoms with van der Waals surface area (Å²) in [7, 11) is 0. The maximum Gasteiger partial charge on any atom is -0.0175 e. The van der Waals surface area contributed by atoms with Crippen molar-refractivity contribution in [3.63, 3.8) is 0 Å². The topological polar surface area (TPSA) is 0 Å². The van der Waals surface area contributed by atoms with Gasteiger partial charge < -0.3 is 0 Å². The molecule has 2 aliphatic rings. The molecule has 0 heteroatoms. The van der Waals surface area contributed by atoms with Crippen LogP contribution >= 0.6 is 0 Å². The number of fused-ring (bicyclic) bond motifs is 1. The predicted molar refractivity (Wildman–Crippen MR) is 48.4 cm³/mol. The normalized spacial score (nSPS) is 41.0. The molecule has 0 saturated heterocycles. The first-order valence-electron chi connectivity index (χ1n) is 5.07. The van der Waals surface area contributed by atoms with E-state index in [0.717, 1.165) is 11.8 Å². The van der Waals surface area contributed by atoms with E-state index in [0.29, 0.717) is 0 Å². The molecule has 2 atom stereocenters. The molecule has 0 nitrogen and oxygen atoms in total. The van der Waals surface area contributed by atoms with Gasteiger partial charge in [0.2, 0.25) is 0 Å². The summed E-state index contributed by atoms with van der Waals surface area (Å²) in [5, 5.41) is 0. The molecule has 2 saturated carbocycles. The fourth-order valence-corrected chi connectivity index (χ4v) is 2.94. The largest absolute Gasteiger partial charge is 0.0882 e. The minimum atomic E-state index is 1.01. The van der Waals surface area contributed by atoms with Crippen LogP contribution in [-0.4, -0.2) is 0 Å². The average molecular weight is 150 g/mol. The highest BCUT2D eigenvalue weighted by molar-refractivity contribution is 5.13. The number of rotatable bonds is 0. The number of hydrogen-bond donors (Lipinski definition) is 0. The van der Waals surface area contributed by atoms with Crippen LogP contribution in [0.3, 0.4) is 0 Å². The molecule has 0 unspecified atom stereocenters. The van der Waals surface area contributed by atoms with Crippen LogP contribution in [0, 0.1) is 11.8 Å². The Morgan fingerprint density at radius 1 is 1.18 bits per heavy atom. The molecule has 2 fully saturated rings. The van der Waals surface area contributed by atoms with E-state index in [1.807, 2.05) is 0 Å². The molecule has 0 radical (unpaired) electrons. The van der Waals surface area contributed by atoms with Gasteiger partial charge in [-0.1, -0.05) is 24.5 Å². The summed E-state index contributed by atoms with van der Waals surface area (Å²) in [5.74, 6) is 2.09. The molecule has 0 aliphatic heterocycles. The third-order valence-electron chi connectivity index (χ3n) is 3.56. The second-order valence-electron chi connectivity index (χ2n) is 4.05. The van der Waals surface area contributed by atoms with E-state index in [1.165, 1.54) is 38.5 Å². The minimum absolute atomic E-state index is 1.01. The quantitative estimate of drug-likeness (QED) is 0.463. The van der Waals surface area contributed by atoms with Gasteiger partial charge in [-0.15, -0.1) is 0 Å². The molecule has 2 aliphatic carbocycles. The van der Waals surface area contributed by atoms with E-state index in [2.05, 4.69) is 13.0 Å². The molecular weight excluding hydrogens is 132 g/mol. The van der Waals surface area contributed by atoms with Crippen molar-refractivity contribution in [1.29, 1.82) is 0 Å². The van der Waals surface area contributed by atoms with Gasteiger partial charge in [-0.25, -0.2) is 0 Å². The molecule has 0 heterocycles. The van der Waals surface area contributed by atoms with Crippen LogP contribution in [0.15, 0.2) is 11.6 Å². The maximum atomic E-state index is 2.37. The maximum absolute atomic E-state index is 2.37. The Balaban J connectivity index is 2.10. The summed E-state index contributed by atoms with van der Waals surface area (Å²) >= 11 is 0. The molecular formula is C11H18. The van der Waals surface area contributed by atoms with Gasteiger partial charge in [0, 0.05) is 0 Å². The Morgan fingerprint density at radius 3 is 2.82 bits per heavy atom. The second-order valence-corrected chi connectivity index (χ2v) is 4.05. The van der Waals surface area contributed by atoms with Crippen LogP contribution < -0.4 is 0 Å². The first-order valence-corrected chi connectivity index (χ1v) is 5.07. The molecule has 0 bridgehead atoms. The predicted octanol–water partition coefficient (Wildman–Crippen LogP) is 3.53. The second kappa shape index (κ2) is 3.00. The van der Waals surface area contributed by atoms with Gasteiger partial charge in [-0.3, -0.25) is 0 Å². The van der Waals surface area contributed by atoms with Gasteiger partial charge in [0.15, 0.2) is 0 Å². The zero-order valence-corrected chi connectivity index (χ0v) is 7.47. The summed E-state index contributed by atoms with van der Waals surface area (Å²) < 4.78 is 0. The first-order chi connectivity index (χ1) is 5.42. The molecule has 0 aromatic heterocycles. The first kappa shape index (κ1) is 7.39. The Bertz CT molecular complexity index is 167. The van der Waals surface area contributed by atoms with E-state index in [-0.39, 0.29) is 0 Å². The molecule has 0 aromatic rings. The summed E-state index contributed by atoms with van der Waals surface area (Å²) in [6.45, 7) is 2.21. The van der Waals surface area contributed by atoms with Gasteiger partial charge in [0.05, 0.1) is 0 Å². The van der Waals surface area contributed by atoms with Crippen LogP contribution in [0.1, 0.15) is 45.4 Å². The van der Waals surface area contributed by atoms with E-state index in [9.17, 15) is 0 Å². The summed E-state index contributed by atoms with van der Waals surface area (Å²) in [6, 6.07) is 0. The molecule has 0 N–H and O–H groups in total. The van der Waals surface area contributed by atoms with E-state index < -0.39 is 0 Å². The van der Waals surface area contributed by atoms with Gasteiger partial charge in [-0.2, -0.15) is 0 Å². The molecule has 0 spiro atoms. The molecule has 62 valence electrons. The lowest BCUT2D eigenvalue weighted by Crippen LogP contribution is -2.13. The lowest BCUT2D eigenvalue weighted by molar-refractivity contribution is 0.302. The van der Waals surface area contributed by atoms with Crippen LogP contribution in [0.5, 0.6) is 0 Å². The van der Waals surface area contributed by atoms with E-state index >= 15 is 0 Å². The Kier molecular flexibility index (Phi) is 2.02. The molecule has 2 rings (SSSR count). The van der Waals surface area contributed by atoms with Crippen molar-refractivity contribution in [2.24, 2.45) is 11.8 Å². The van der Waals surface area contributed by atoms with E-state index in [4.69, 9.17) is 0 Å². The fourth-order valence-electron chi connectivity index (χ4n) is 2.94. The summed E-state index contributed by atoms with van der Waals surface area (Å²) in [6.07, 6.45) is 11.3. The standard InChI is InChI=1S/C11H18/c1-2-9-7-8-10-5-3-4-6-11(9)10/h2,10-11H,3-8H2,1H3/b9-2-/t10-,11-/m1/s1. The highest BCUT2D eigenvalue weighted by Gasteiger charge is 2.32. The molecule has 11 heavy (non-hydrogen) atoms. The zero-order chi connectivity index (χ0) is 7.68.